The van der Waals surface area contributed by atoms with Crippen LogP contribution in [0.3, 0.4) is 0 Å². The lowest BCUT2D eigenvalue weighted by molar-refractivity contribution is -0.137. The number of hydrogen-bond acceptors (Lipinski definition) is 8. The molecule has 0 unspecified atom stereocenters. The van der Waals surface area contributed by atoms with Crippen molar-refractivity contribution in [3.05, 3.63) is 89.2 Å². The van der Waals surface area contributed by atoms with Crippen LogP contribution in [0.5, 0.6) is 0 Å². The van der Waals surface area contributed by atoms with Gasteiger partial charge in [-0.2, -0.15) is 18.2 Å². The van der Waals surface area contributed by atoms with Crippen molar-refractivity contribution in [3.8, 4) is 0 Å². The van der Waals surface area contributed by atoms with E-state index in [1.54, 1.807) is 24.0 Å². The van der Waals surface area contributed by atoms with Gasteiger partial charge in [-0.3, -0.25) is 10.2 Å². The fourth-order valence-corrected chi connectivity index (χ4v) is 4.55. The predicted molar refractivity (Wildman–Crippen MR) is 147 cm³/mol. The van der Waals surface area contributed by atoms with Gasteiger partial charge in [0, 0.05) is 29.9 Å². The predicted octanol–water partition coefficient (Wildman–Crippen LogP) is 3.80. The first kappa shape index (κ1) is 27.8. The highest BCUT2D eigenvalue weighted by atomic mass is 19.4. The summed E-state index contributed by atoms with van der Waals surface area (Å²) < 4.78 is 51.3. The van der Waals surface area contributed by atoms with Gasteiger partial charge in [0.25, 0.3) is 11.9 Å². The van der Waals surface area contributed by atoms with E-state index in [0.29, 0.717) is 29.8 Å². The van der Waals surface area contributed by atoms with Gasteiger partial charge in [-0.25, -0.2) is 9.98 Å². The van der Waals surface area contributed by atoms with Crippen LogP contribution in [0, 0.1) is 5.41 Å². The molecule has 0 aliphatic carbocycles. The van der Waals surface area contributed by atoms with Crippen molar-refractivity contribution < 1.29 is 27.4 Å². The molecule has 1 saturated heterocycles. The standard InChI is InChI=1S/C28H26F3N7O3/c1-16-15-40-12-11-38(16)21-13-18(28(29,30)31)14-34-23(21)24(32)41-27(33)37-25-26(39)35-20-10-6-5-9-19(20)22(36-25)17-7-3-2-4-8-17/h2-10,13-14,16,25,32H,11-12,15H2,1H3,(H2,33,37)(H,35,39)/t16-,25-/m1/s1. The molecule has 0 saturated carbocycles. The number of morpholine rings is 1. The lowest BCUT2D eigenvalue weighted by Crippen LogP contribution is -2.44. The first-order valence-corrected chi connectivity index (χ1v) is 12.7. The van der Waals surface area contributed by atoms with Crippen LogP contribution in [0.15, 0.2) is 76.8 Å². The number of hydrogen-bond donors (Lipinski definition) is 3. The number of carbonyl (C=O) groups is 1. The third-order valence-electron chi connectivity index (χ3n) is 6.52. The molecule has 4 N–H and O–H groups in total. The summed E-state index contributed by atoms with van der Waals surface area (Å²) in [5, 5.41) is 11.3. The number of aromatic nitrogens is 1. The molecule has 0 radical (unpaired) electrons. The number of fused-ring (bicyclic) bond motifs is 1. The second-order valence-corrected chi connectivity index (χ2v) is 9.36. The maximum Gasteiger partial charge on any atom is 0.417 e. The summed E-state index contributed by atoms with van der Waals surface area (Å²) in [5.74, 6) is -1.23. The number of carbonyl (C=O) groups excluding carboxylic acids is 1. The molecule has 1 aromatic heterocycles. The Labute approximate surface area is 233 Å². The maximum atomic E-state index is 13.5. The Morgan fingerprint density at radius 1 is 1.20 bits per heavy atom. The lowest BCUT2D eigenvalue weighted by Gasteiger charge is -2.36. The van der Waals surface area contributed by atoms with Crippen LogP contribution in [0.25, 0.3) is 0 Å². The summed E-state index contributed by atoms with van der Waals surface area (Å²) >= 11 is 0. The molecule has 0 bridgehead atoms. The van der Waals surface area contributed by atoms with Crippen molar-refractivity contribution in [1.82, 2.24) is 4.98 Å². The van der Waals surface area contributed by atoms with Crippen LogP contribution in [0.2, 0.25) is 0 Å². The third-order valence-corrected chi connectivity index (χ3v) is 6.52. The smallest absolute Gasteiger partial charge is 0.405 e. The van der Waals surface area contributed by atoms with Crippen molar-refractivity contribution in [2.75, 3.05) is 30.0 Å². The third kappa shape index (κ3) is 6.04. The van der Waals surface area contributed by atoms with Gasteiger partial charge in [0.05, 0.1) is 35.9 Å². The molecule has 2 aliphatic rings. The number of amides is 1. The number of alkyl halides is 3. The van der Waals surface area contributed by atoms with Gasteiger partial charge in [-0.15, -0.1) is 0 Å². The zero-order chi connectivity index (χ0) is 29.1. The zero-order valence-electron chi connectivity index (χ0n) is 21.9. The summed E-state index contributed by atoms with van der Waals surface area (Å²) in [6.45, 7) is 2.65. The summed E-state index contributed by atoms with van der Waals surface area (Å²) in [4.78, 5) is 27.3. The van der Waals surface area contributed by atoms with Gasteiger partial charge >= 0.3 is 6.18 Å². The van der Waals surface area contributed by atoms with Gasteiger partial charge in [-0.1, -0.05) is 48.5 Å². The van der Waals surface area contributed by atoms with Gasteiger partial charge in [-0.05, 0) is 19.1 Å². The molecule has 2 aromatic carbocycles. The van der Waals surface area contributed by atoms with E-state index >= 15 is 0 Å². The van der Waals surface area contributed by atoms with E-state index in [9.17, 15) is 18.0 Å². The number of halogens is 3. The van der Waals surface area contributed by atoms with E-state index in [2.05, 4.69) is 20.3 Å². The molecule has 13 heteroatoms. The van der Waals surface area contributed by atoms with E-state index in [0.717, 1.165) is 11.6 Å². The SMILES string of the molecule is C[C@@H]1COCCN1c1cc(C(F)(F)F)cnc1C(=N)OC(N)=N[C@H]1N=C(c2ccccc2)c2ccccc2NC1=O. The minimum absolute atomic E-state index is 0.0421. The Morgan fingerprint density at radius 3 is 2.66 bits per heavy atom. The highest BCUT2D eigenvalue weighted by Crippen LogP contribution is 2.34. The number of amidine groups is 1. The molecular weight excluding hydrogens is 539 g/mol. The van der Waals surface area contributed by atoms with E-state index < -0.39 is 35.7 Å². The number of anilines is 2. The number of benzene rings is 2. The molecule has 2 aliphatic heterocycles. The quantitative estimate of drug-likeness (QED) is 0.325. The first-order valence-electron chi connectivity index (χ1n) is 12.7. The van der Waals surface area contributed by atoms with Crippen molar-refractivity contribution in [3.63, 3.8) is 0 Å². The Hall–Kier alpha value is -4.78. The van der Waals surface area contributed by atoms with Gasteiger partial charge < -0.3 is 25.4 Å². The number of pyridine rings is 1. The van der Waals surface area contributed by atoms with E-state index in [4.69, 9.17) is 20.6 Å². The molecule has 3 aromatic rings. The summed E-state index contributed by atoms with van der Waals surface area (Å²) in [6, 6.07) is 16.4. The summed E-state index contributed by atoms with van der Waals surface area (Å²) in [7, 11) is 0. The minimum Gasteiger partial charge on any atom is -0.405 e. The largest absolute Gasteiger partial charge is 0.417 e. The van der Waals surface area contributed by atoms with Gasteiger partial charge in [0.1, 0.15) is 5.69 Å². The summed E-state index contributed by atoms with van der Waals surface area (Å²) in [5.41, 5.74) is 7.33. The number of ether oxygens (including phenoxy) is 2. The number of nitrogens with two attached hydrogens (primary N) is 1. The van der Waals surface area contributed by atoms with Crippen LogP contribution in [0.1, 0.15) is 29.3 Å². The second kappa shape index (κ2) is 11.4. The molecule has 5 rings (SSSR count). The zero-order valence-corrected chi connectivity index (χ0v) is 21.9. The molecule has 3 heterocycles. The number of aliphatic imine (C=N–C) groups is 2. The Bertz CT molecular complexity index is 1530. The topological polar surface area (TPSA) is 138 Å². The highest BCUT2D eigenvalue weighted by molar-refractivity contribution is 6.19. The Morgan fingerprint density at radius 2 is 1.93 bits per heavy atom. The highest BCUT2D eigenvalue weighted by Gasteiger charge is 2.34. The number of benzodiazepines with no additional fused rings is 1. The van der Waals surface area contributed by atoms with Gasteiger partial charge in [0.2, 0.25) is 12.1 Å². The molecule has 1 amide bonds. The van der Waals surface area contributed by atoms with Crippen LogP contribution in [-0.4, -0.2) is 60.5 Å². The van der Waals surface area contributed by atoms with Crippen LogP contribution in [0.4, 0.5) is 24.5 Å². The molecule has 2 atom stereocenters. The average Bonchev–Trinajstić information content (AvgIpc) is 3.09. The van der Waals surface area contributed by atoms with Crippen LogP contribution < -0.4 is 16.0 Å². The normalized spacial score (nSPS) is 19.5. The van der Waals surface area contributed by atoms with Gasteiger partial charge in [0.15, 0.2) is 0 Å². The van der Waals surface area contributed by atoms with Crippen LogP contribution >= 0.6 is 0 Å². The molecule has 1 fully saturated rings. The van der Waals surface area contributed by atoms with Crippen molar-refractivity contribution >= 4 is 34.9 Å². The molecule has 41 heavy (non-hydrogen) atoms. The maximum absolute atomic E-state index is 13.5. The average molecular weight is 566 g/mol. The number of para-hydroxylation sites is 1. The van der Waals surface area contributed by atoms with E-state index in [1.807, 2.05) is 42.5 Å². The Balaban J connectivity index is 1.46. The molecule has 0 spiro atoms. The molecule has 212 valence electrons. The van der Waals surface area contributed by atoms with E-state index in [-0.39, 0.29) is 30.6 Å². The summed E-state index contributed by atoms with van der Waals surface area (Å²) in [6.07, 6.45) is -5.38. The van der Waals surface area contributed by atoms with Crippen molar-refractivity contribution in [1.29, 1.82) is 5.41 Å². The van der Waals surface area contributed by atoms with Crippen molar-refractivity contribution in [2.24, 2.45) is 15.7 Å². The van der Waals surface area contributed by atoms with Crippen LogP contribution in [-0.2, 0) is 20.4 Å². The number of nitrogens with zero attached hydrogens (tertiary/aromatic N) is 4. The molecular formula is C28H26F3N7O3. The van der Waals surface area contributed by atoms with Crippen molar-refractivity contribution in [2.45, 2.75) is 25.3 Å². The van der Waals surface area contributed by atoms with E-state index in [1.165, 1.54) is 0 Å². The fraction of sp³-hybridized carbons (Fsp3) is 0.250. The monoisotopic (exact) mass is 565 g/mol. The minimum atomic E-state index is -4.64. The second-order valence-electron chi connectivity index (χ2n) is 9.36. The lowest BCUT2D eigenvalue weighted by atomic mass is 10.0. The molecule has 10 nitrogen and oxygen atoms in total. The number of rotatable bonds is 4. The first-order chi connectivity index (χ1) is 19.6. The Kier molecular flexibility index (Phi) is 7.70. The number of nitrogens with one attached hydrogen (secondary N) is 2. The fourth-order valence-electron chi connectivity index (χ4n) is 4.55.